The molecule has 2 aliphatic heterocycles. The lowest BCUT2D eigenvalue weighted by atomic mass is 10.1. The van der Waals surface area contributed by atoms with Gasteiger partial charge in [0.05, 0.1) is 12.1 Å². The molecule has 0 bridgehead atoms. The highest BCUT2D eigenvalue weighted by atomic mass is 16.6. The highest BCUT2D eigenvalue weighted by molar-refractivity contribution is 5.98. The maximum atomic E-state index is 12.9. The van der Waals surface area contributed by atoms with E-state index in [1.165, 1.54) is 0 Å². The van der Waals surface area contributed by atoms with Crippen LogP contribution in [0.25, 0.3) is 0 Å². The Balaban J connectivity index is 1.41. The fraction of sp³-hybridized carbons (Fsp3) is 0.421. The summed E-state index contributed by atoms with van der Waals surface area (Å²) >= 11 is 0. The summed E-state index contributed by atoms with van der Waals surface area (Å²) in [5.41, 5.74) is 0.531. The molecular weight excluding hydrogens is 348 g/mol. The molecule has 0 saturated carbocycles. The van der Waals surface area contributed by atoms with E-state index in [-0.39, 0.29) is 12.0 Å². The first-order chi connectivity index (χ1) is 13.1. The summed E-state index contributed by atoms with van der Waals surface area (Å²) in [4.78, 5) is 16.6. The van der Waals surface area contributed by atoms with Crippen LogP contribution in [0.1, 0.15) is 16.8 Å². The average Bonchev–Trinajstić information content (AvgIpc) is 3.16. The zero-order valence-electron chi connectivity index (χ0n) is 15.4. The second kappa shape index (κ2) is 7.30. The predicted molar refractivity (Wildman–Crippen MR) is 98.7 cm³/mol. The van der Waals surface area contributed by atoms with Crippen molar-refractivity contribution >= 4 is 11.7 Å². The van der Waals surface area contributed by atoms with Gasteiger partial charge in [0.15, 0.2) is 17.3 Å². The molecule has 8 nitrogen and oxygen atoms in total. The van der Waals surface area contributed by atoms with Crippen molar-refractivity contribution in [2.24, 2.45) is 0 Å². The van der Waals surface area contributed by atoms with Crippen LogP contribution in [-0.4, -0.2) is 67.5 Å². The minimum Gasteiger partial charge on any atom is -0.486 e. The molecule has 4 rings (SSSR count). The van der Waals surface area contributed by atoms with Crippen molar-refractivity contribution in [2.45, 2.75) is 12.5 Å². The molecule has 0 spiro atoms. The van der Waals surface area contributed by atoms with Crippen molar-refractivity contribution < 1.29 is 19.0 Å². The number of anilines is 1. The molecule has 1 amide bonds. The number of benzene rings is 1. The zero-order chi connectivity index (χ0) is 18.8. The molecule has 0 radical (unpaired) electrons. The lowest BCUT2D eigenvalue weighted by Gasteiger charge is -2.23. The topological polar surface area (TPSA) is 77.0 Å². The number of amides is 1. The van der Waals surface area contributed by atoms with E-state index in [9.17, 15) is 4.79 Å². The molecule has 3 heterocycles. The number of ether oxygens (including phenoxy) is 3. The van der Waals surface area contributed by atoms with Gasteiger partial charge in [0.1, 0.15) is 19.3 Å². The Hall–Kier alpha value is -3.03. The normalized spacial score (nSPS) is 18.3. The first-order valence-electron chi connectivity index (χ1n) is 8.97. The van der Waals surface area contributed by atoms with Crippen LogP contribution in [0, 0.1) is 0 Å². The van der Waals surface area contributed by atoms with E-state index < -0.39 is 0 Å². The molecule has 1 aromatic carbocycles. The van der Waals surface area contributed by atoms with Crippen LogP contribution < -0.4 is 19.1 Å². The van der Waals surface area contributed by atoms with E-state index in [2.05, 4.69) is 10.2 Å². The summed E-state index contributed by atoms with van der Waals surface area (Å²) < 4.78 is 17.1. The third-order valence-corrected chi connectivity index (χ3v) is 4.60. The van der Waals surface area contributed by atoms with Crippen molar-refractivity contribution in [1.29, 1.82) is 0 Å². The number of hydrogen-bond donors (Lipinski definition) is 0. The van der Waals surface area contributed by atoms with Crippen molar-refractivity contribution in [3.63, 3.8) is 0 Å². The number of carbonyl (C=O) groups is 1. The van der Waals surface area contributed by atoms with Crippen LogP contribution in [0.15, 0.2) is 30.3 Å². The fourth-order valence-corrected chi connectivity index (χ4v) is 3.21. The Morgan fingerprint density at radius 1 is 1.19 bits per heavy atom. The summed E-state index contributed by atoms with van der Waals surface area (Å²) in [5, 5.41) is 8.21. The maximum Gasteiger partial charge on any atom is 0.257 e. The van der Waals surface area contributed by atoms with Crippen LogP contribution in [0.3, 0.4) is 0 Å². The number of aromatic nitrogens is 2. The van der Waals surface area contributed by atoms with Gasteiger partial charge in [-0.2, -0.15) is 0 Å². The quantitative estimate of drug-likeness (QED) is 0.809. The maximum absolute atomic E-state index is 12.9. The van der Waals surface area contributed by atoms with Gasteiger partial charge in [-0.3, -0.25) is 4.79 Å². The first kappa shape index (κ1) is 17.4. The van der Waals surface area contributed by atoms with Crippen molar-refractivity contribution in [2.75, 3.05) is 45.3 Å². The zero-order valence-corrected chi connectivity index (χ0v) is 15.4. The monoisotopic (exact) mass is 370 g/mol. The Labute approximate surface area is 157 Å². The van der Waals surface area contributed by atoms with Crippen LogP contribution in [0.4, 0.5) is 5.82 Å². The second-order valence-corrected chi connectivity index (χ2v) is 6.73. The molecule has 1 atom stereocenters. The minimum absolute atomic E-state index is 0.0718. The molecule has 0 N–H and O–H groups in total. The van der Waals surface area contributed by atoms with E-state index in [4.69, 9.17) is 14.2 Å². The van der Waals surface area contributed by atoms with E-state index in [1.54, 1.807) is 17.0 Å². The highest BCUT2D eigenvalue weighted by Gasteiger charge is 2.31. The average molecular weight is 370 g/mol. The van der Waals surface area contributed by atoms with Crippen molar-refractivity contribution in [3.05, 3.63) is 35.9 Å². The van der Waals surface area contributed by atoms with E-state index >= 15 is 0 Å². The molecule has 1 fully saturated rings. The molecule has 2 aliphatic rings. The van der Waals surface area contributed by atoms with Gasteiger partial charge < -0.3 is 24.0 Å². The summed E-state index contributed by atoms with van der Waals surface area (Å²) in [6.07, 6.45) is 0.639. The number of nitrogens with zero attached hydrogens (tertiary/aromatic N) is 4. The van der Waals surface area contributed by atoms with Crippen LogP contribution in [0.5, 0.6) is 17.4 Å². The van der Waals surface area contributed by atoms with Crippen LogP contribution in [0.2, 0.25) is 0 Å². The Bertz CT molecular complexity index is 825. The van der Waals surface area contributed by atoms with Gasteiger partial charge in [0.25, 0.3) is 5.91 Å². The number of rotatable bonds is 4. The summed E-state index contributed by atoms with van der Waals surface area (Å²) in [7, 11) is 3.81. The number of hydrogen-bond acceptors (Lipinski definition) is 7. The molecule has 0 unspecified atom stereocenters. The van der Waals surface area contributed by atoms with Crippen molar-refractivity contribution in [3.8, 4) is 17.4 Å². The third-order valence-electron chi connectivity index (χ3n) is 4.60. The van der Waals surface area contributed by atoms with Gasteiger partial charge in [-0.1, -0.05) is 6.07 Å². The van der Waals surface area contributed by atoms with Gasteiger partial charge >= 0.3 is 0 Å². The van der Waals surface area contributed by atoms with E-state index in [0.717, 1.165) is 12.2 Å². The number of likely N-dealkylation sites (tertiary alicyclic amines) is 1. The highest BCUT2D eigenvalue weighted by Crippen LogP contribution is 2.34. The molecule has 142 valence electrons. The Morgan fingerprint density at radius 3 is 2.81 bits per heavy atom. The molecule has 8 heteroatoms. The largest absolute Gasteiger partial charge is 0.486 e. The van der Waals surface area contributed by atoms with E-state index in [1.807, 2.05) is 37.2 Å². The van der Waals surface area contributed by atoms with Crippen molar-refractivity contribution in [1.82, 2.24) is 15.1 Å². The summed E-state index contributed by atoms with van der Waals surface area (Å²) in [6.45, 7) is 2.07. The minimum atomic E-state index is -0.106. The number of para-hydroxylation sites is 1. The van der Waals surface area contributed by atoms with Gasteiger partial charge in [-0.15, -0.1) is 10.2 Å². The van der Waals surface area contributed by atoms with Gasteiger partial charge in [0.2, 0.25) is 5.88 Å². The molecule has 1 aromatic heterocycles. The number of carbonyl (C=O) groups excluding carboxylic acids is 1. The van der Waals surface area contributed by atoms with Gasteiger partial charge in [0, 0.05) is 33.1 Å². The first-order valence-corrected chi connectivity index (χ1v) is 8.97. The van der Waals surface area contributed by atoms with E-state index in [0.29, 0.717) is 49.2 Å². The second-order valence-electron chi connectivity index (χ2n) is 6.73. The fourth-order valence-electron chi connectivity index (χ4n) is 3.21. The molecule has 27 heavy (non-hydrogen) atoms. The molecular formula is C19H22N4O4. The molecule has 2 aromatic rings. The van der Waals surface area contributed by atoms with Crippen LogP contribution >= 0.6 is 0 Å². The standard InChI is InChI=1S/C19H22N4O4/c1-22(2)16-6-7-17(21-20-16)27-13-8-9-23(12-13)19(24)14-4-3-5-15-18(14)26-11-10-25-15/h3-7,13H,8-12H2,1-2H3/t13-/m1/s1. The van der Waals surface area contributed by atoms with Gasteiger partial charge in [-0.05, 0) is 18.2 Å². The third kappa shape index (κ3) is 3.60. The number of fused-ring (bicyclic) bond motifs is 1. The van der Waals surface area contributed by atoms with Crippen LogP contribution in [-0.2, 0) is 0 Å². The Kier molecular flexibility index (Phi) is 4.70. The molecule has 0 aliphatic carbocycles. The lowest BCUT2D eigenvalue weighted by molar-refractivity contribution is 0.0760. The van der Waals surface area contributed by atoms with Gasteiger partial charge in [-0.25, -0.2) is 0 Å². The predicted octanol–water partition coefficient (Wildman–Crippen LogP) is 1.61. The summed E-state index contributed by atoms with van der Waals surface area (Å²) in [6, 6.07) is 9.05. The Morgan fingerprint density at radius 2 is 2.04 bits per heavy atom. The molecule has 1 saturated heterocycles. The summed E-state index contributed by atoms with van der Waals surface area (Å²) in [5.74, 6) is 2.31. The smallest absolute Gasteiger partial charge is 0.257 e. The SMILES string of the molecule is CN(C)c1ccc(O[C@@H]2CCN(C(=O)c3cccc4c3OCCO4)C2)nn1. The lowest BCUT2D eigenvalue weighted by Crippen LogP contribution is -2.32.